The van der Waals surface area contributed by atoms with Crippen LogP contribution in [0.25, 0.3) is 5.69 Å². The Morgan fingerprint density at radius 1 is 1.17 bits per heavy atom. The maximum absolute atomic E-state index is 12.3. The molecule has 0 spiro atoms. The van der Waals surface area contributed by atoms with Gasteiger partial charge in [0.15, 0.2) is 5.82 Å². The summed E-state index contributed by atoms with van der Waals surface area (Å²) in [7, 11) is 2.09. The van der Waals surface area contributed by atoms with Crippen LogP contribution in [0.2, 0.25) is 0 Å². The summed E-state index contributed by atoms with van der Waals surface area (Å²) in [6, 6.07) is 9.82. The number of hydrogen-bond acceptors (Lipinski definition) is 4. The second-order valence-corrected chi connectivity index (χ2v) is 5.76. The lowest BCUT2D eigenvalue weighted by molar-refractivity contribution is 0.198. The van der Waals surface area contributed by atoms with Crippen molar-refractivity contribution in [1.82, 2.24) is 29.9 Å². The average molecular weight is 314 g/mol. The first kappa shape index (κ1) is 15.5. The molecule has 1 aromatic carbocycles. The largest absolute Gasteiger partial charge is 0.331 e. The zero-order valence-corrected chi connectivity index (χ0v) is 13.4. The van der Waals surface area contributed by atoms with Gasteiger partial charge in [-0.15, -0.1) is 10.2 Å². The monoisotopic (exact) mass is 314 g/mol. The minimum atomic E-state index is -0.0390. The molecule has 122 valence electrons. The van der Waals surface area contributed by atoms with E-state index in [4.69, 9.17) is 0 Å². The molecule has 0 aliphatic carbocycles. The Labute approximate surface area is 135 Å². The van der Waals surface area contributed by atoms with Crippen LogP contribution in [0, 0.1) is 0 Å². The van der Waals surface area contributed by atoms with E-state index in [-0.39, 0.29) is 6.03 Å². The molecule has 1 aromatic heterocycles. The van der Waals surface area contributed by atoms with Crippen LogP contribution in [0.3, 0.4) is 0 Å². The van der Waals surface area contributed by atoms with Gasteiger partial charge >= 0.3 is 6.03 Å². The topological polar surface area (TPSA) is 66.3 Å². The van der Waals surface area contributed by atoms with E-state index >= 15 is 0 Å². The quantitative estimate of drug-likeness (QED) is 0.922. The maximum Gasteiger partial charge on any atom is 0.317 e. The van der Waals surface area contributed by atoms with E-state index in [0.29, 0.717) is 6.54 Å². The molecule has 1 aliphatic rings. The summed E-state index contributed by atoms with van der Waals surface area (Å²) >= 11 is 0. The Balaban J connectivity index is 1.61. The molecule has 1 saturated heterocycles. The Kier molecular flexibility index (Phi) is 4.87. The lowest BCUT2D eigenvalue weighted by Gasteiger charge is -2.21. The number of nitrogens with zero attached hydrogens (tertiary/aromatic N) is 5. The molecule has 2 heterocycles. The number of para-hydroxylation sites is 1. The zero-order chi connectivity index (χ0) is 16.1. The smallest absolute Gasteiger partial charge is 0.317 e. The van der Waals surface area contributed by atoms with Gasteiger partial charge in [0.25, 0.3) is 0 Å². The summed E-state index contributed by atoms with van der Waals surface area (Å²) in [5.41, 5.74) is 0.984. The average Bonchev–Trinajstić information content (AvgIpc) is 2.94. The van der Waals surface area contributed by atoms with Crippen LogP contribution in [-0.4, -0.2) is 63.8 Å². The molecule has 0 saturated carbocycles. The van der Waals surface area contributed by atoms with Crippen molar-refractivity contribution in [3.63, 3.8) is 0 Å². The molecule has 0 atom stereocenters. The van der Waals surface area contributed by atoms with Gasteiger partial charge in [0.2, 0.25) is 0 Å². The molecule has 0 unspecified atom stereocenters. The van der Waals surface area contributed by atoms with E-state index in [2.05, 4.69) is 27.5 Å². The molecule has 1 aliphatic heterocycles. The summed E-state index contributed by atoms with van der Waals surface area (Å²) in [5, 5.41) is 11.0. The van der Waals surface area contributed by atoms with Gasteiger partial charge in [0, 0.05) is 25.3 Å². The molecule has 0 bridgehead atoms. The fourth-order valence-electron chi connectivity index (χ4n) is 2.70. The second kappa shape index (κ2) is 7.23. The second-order valence-electron chi connectivity index (χ2n) is 5.76. The third-order valence-electron chi connectivity index (χ3n) is 4.06. The Bertz CT molecular complexity index is 641. The normalized spacial score (nSPS) is 16.1. The molecule has 1 fully saturated rings. The van der Waals surface area contributed by atoms with E-state index in [1.807, 2.05) is 39.8 Å². The fourth-order valence-corrected chi connectivity index (χ4v) is 2.70. The Morgan fingerprint density at radius 2 is 2.00 bits per heavy atom. The number of rotatable bonds is 3. The molecular weight excluding hydrogens is 292 g/mol. The van der Waals surface area contributed by atoms with Crippen LogP contribution in [0.5, 0.6) is 0 Å². The molecule has 2 aromatic rings. The lowest BCUT2D eigenvalue weighted by atomic mass is 10.3. The highest BCUT2D eigenvalue weighted by Gasteiger charge is 2.17. The summed E-state index contributed by atoms with van der Waals surface area (Å²) in [5.74, 6) is 0.719. The van der Waals surface area contributed by atoms with Crippen molar-refractivity contribution < 1.29 is 4.79 Å². The van der Waals surface area contributed by atoms with Crippen molar-refractivity contribution in [1.29, 1.82) is 0 Å². The lowest BCUT2D eigenvalue weighted by Crippen LogP contribution is -2.41. The van der Waals surface area contributed by atoms with Gasteiger partial charge in [-0.25, -0.2) is 4.79 Å². The molecule has 2 amide bonds. The van der Waals surface area contributed by atoms with Gasteiger partial charge in [-0.3, -0.25) is 4.57 Å². The predicted molar refractivity (Wildman–Crippen MR) is 87.3 cm³/mol. The van der Waals surface area contributed by atoms with Crippen molar-refractivity contribution in [3.05, 3.63) is 42.5 Å². The van der Waals surface area contributed by atoms with Gasteiger partial charge in [-0.2, -0.15) is 0 Å². The molecule has 0 radical (unpaired) electrons. The van der Waals surface area contributed by atoms with Crippen LogP contribution in [0.4, 0.5) is 4.79 Å². The number of carbonyl (C=O) groups is 1. The molecule has 23 heavy (non-hydrogen) atoms. The van der Waals surface area contributed by atoms with Crippen LogP contribution >= 0.6 is 0 Å². The highest BCUT2D eigenvalue weighted by Crippen LogP contribution is 2.09. The van der Waals surface area contributed by atoms with E-state index in [9.17, 15) is 4.79 Å². The van der Waals surface area contributed by atoms with E-state index < -0.39 is 0 Å². The number of nitrogens with one attached hydrogen (secondary N) is 1. The van der Waals surface area contributed by atoms with Crippen LogP contribution < -0.4 is 5.32 Å². The summed E-state index contributed by atoms with van der Waals surface area (Å²) in [6.45, 7) is 3.86. The maximum atomic E-state index is 12.3. The number of urea groups is 1. The molecular formula is C16H22N6O. The molecule has 7 heteroatoms. The number of hydrogen-bond donors (Lipinski definition) is 1. The van der Waals surface area contributed by atoms with E-state index in [1.165, 1.54) is 0 Å². The molecule has 7 nitrogen and oxygen atoms in total. The molecule has 1 N–H and O–H groups in total. The van der Waals surface area contributed by atoms with Crippen molar-refractivity contribution in [2.45, 2.75) is 13.0 Å². The number of aromatic nitrogens is 3. The summed E-state index contributed by atoms with van der Waals surface area (Å²) < 4.78 is 1.89. The van der Waals surface area contributed by atoms with Crippen molar-refractivity contribution in [2.75, 3.05) is 33.2 Å². The van der Waals surface area contributed by atoms with Gasteiger partial charge in [-0.1, -0.05) is 18.2 Å². The highest BCUT2D eigenvalue weighted by molar-refractivity contribution is 5.74. The first-order valence-corrected chi connectivity index (χ1v) is 7.89. The van der Waals surface area contributed by atoms with Gasteiger partial charge in [0.05, 0.1) is 6.54 Å². The summed E-state index contributed by atoms with van der Waals surface area (Å²) in [6.07, 6.45) is 2.67. The Morgan fingerprint density at radius 3 is 2.83 bits per heavy atom. The first-order chi connectivity index (χ1) is 11.2. The third-order valence-corrected chi connectivity index (χ3v) is 4.06. The first-order valence-electron chi connectivity index (χ1n) is 7.89. The van der Waals surface area contributed by atoms with Crippen molar-refractivity contribution in [3.8, 4) is 5.69 Å². The van der Waals surface area contributed by atoms with Gasteiger partial charge < -0.3 is 15.1 Å². The SMILES string of the molecule is CN1CCCN(C(=O)NCc2nncn2-c2ccccc2)CC1. The van der Waals surface area contributed by atoms with Crippen LogP contribution in [0.15, 0.2) is 36.7 Å². The van der Waals surface area contributed by atoms with E-state index in [0.717, 1.165) is 44.1 Å². The number of likely N-dealkylation sites (N-methyl/N-ethyl adjacent to an activating group) is 1. The third kappa shape index (κ3) is 3.87. The van der Waals surface area contributed by atoms with Crippen LogP contribution in [0.1, 0.15) is 12.2 Å². The number of benzene rings is 1. The fraction of sp³-hybridized carbons (Fsp3) is 0.438. The summed E-state index contributed by atoms with van der Waals surface area (Å²) in [4.78, 5) is 16.5. The minimum absolute atomic E-state index is 0.0390. The Hall–Kier alpha value is -2.41. The number of carbonyl (C=O) groups excluding carboxylic acids is 1. The minimum Gasteiger partial charge on any atom is -0.331 e. The number of amides is 2. The van der Waals surface area contributed by atoms with Crippen molar-refractivity contribution >= 4 is 6.03 Å². The standard InChI is InChI=1S/C16H22N6O/c1-20-8-5-9-21(11-10-20)16(23)17-12-15-19-18-13-22(15)14-6-3-2-4-7-14/h2-4,6-7,13H,5,8-12H2,1H3,(H,17,23). The zero-order valence-electron chi connectivity index (χ0n) is 13.4. The predicted octanol–water partition coefficient (Wildman–Crippen LogP) is 1.11. The van der Waals surface area contributed by atoms with Crippen molar-refractivity contribution in [2.24, 2.45) is 0 Å². The van der Waals surface area contributed by atoms with Crippen LogP contribution in [-0.2, 0) is 6.54 Å². The van der Waals surface area contributed by atoms with Gasteiger partial charge in [0.1, 0.15) is 6.33 Å². The molecule has 3 rings (SSSR count). The van der Waals surface area contributed by atoms with E-state index in [1.54, 1.807) is 6.33 Å². The highest BCUT2D eigenvalue weighted by atomic mass is 16.2. The van der Waals surface area contributed by atoms with Gasteiger partial charge in [-0.05, 0) is 32.1 Å².